The van der Waals surface area contributed by atoms with Gasteiger partial charge in [0.15, 0.2) is 5.41 Å². The lowest BCUT2D eigenvalue weighted by molar-refractivity contribution is -0.216. The molecule has 2 aliphatic rings. The summed E-state index contributed by atoms with van der Waals surface area (Å²) in [6, 6.07) is 0. The van der Waals surface area contributed by atoms with E-state index in [0.717, 1.165) is 12.8 Å². The van der Waals surface area contributed by atoms with Crippen molar-refractivity contribution in [2.75, 3.05) is 32.8 Å². The van der Waals surface area contributed by atoms with Gasteiger partial charge in [0.2, 0.25) is 5.91 Å². The molecule has 19 heavy (non-hydrogen) atoms. The first-order valence-electron chi connectivity index (χ1n) is 6.59. The average Bonchev–Trinajstić information content (AvgIpc) is 2.87. The Bertz CT molecular complexity index is 321. The molecule has 0 bridgehead atoms. The lowest BCUT2D eigenvalue weighted by Gasteiger charge is -2.30. The number of hydrogen-bond acceptors (Lipinski definition) is 3. The summed E-state index contributed by atoms with van der Waals surface area (Å²) in [7, 11) is 0. The maximum Gasteiger partial charge on any atom is 0.404 e. The highest BCUT2D eigenvalue weighted by molar-refractivity contribution is 5.84. The quantitative estimate of drug-likeness (QED) is 0.813. The normalized spacial score (nSPS) is 29.4. The van der Waals surface area contributed by atoms with E-state index in [0.29, 0.717) is 19.8 Å². The van der Waals surface area contributed by atoms with Gasteiger partial charge in [0, 0.05) is 26.3 Å². The summed E-state index contributed by atoms with van der Waals surface area (Å²) >= 11 is 0. The number of carbonyl (C=O) groups is 1. The molecule has 2 rings (SSSR count). The molecular formula is C12H19F3N2O2. The van der Waals surface area contributed by atoms with E-state index < -0.39 is 17.5 Å². The molecule has 1 amide bonds. The largest absolute Gasteiger partial charge is 0.404 e. The molecule has 2 heterocycles. The van der Waals surface area contributed by atoms with Crippen molar-refractivity contribution in [3.8, 4) is 0 Å². The van der Waals surface area contributed by atoms with E-state index in [2.05, 4.69) is 10.6 Å². The molecule has 1 unspecified atom stereocenters. The summed E-state index contributed by atoms with van der Waals surface area (Å²) in [4.78, 5) is 12.0. The molecule has 2 fully saturated rings. The first-order valence-corrected chi connectivity index (χ1v) is 6.59. The van der Waals surface area contributed by atoms with Crippen molar-refractivity contribution in [2.24, 2.45) is 11.3 Å². The number of alkyl halides is 3. The smallest absolute Gasteiger partial charge is 0.381 e. The van der Waals surface area contributed by atoms with Crippen LogP contribution in [0, 0.1) is 11.3 Å². The van der Waals surface area contributed by atoms with Crippen molar-refractivity contribution in [3.05, 3.63) is 0 Å². The van der Waals surface area contributed by atoms with Gasteiger partial charge in [-0.25, -0.2) is 0 Å². The van der Waals surface area contributed by atoms with Crippen molar-refractivity contribution >= 4 is 5.91 Å². The monoisotopic (exact) mass is 280 g/mol. The summed E-state index contributed by atoms with van der Waals surface area (Å²) in [6.45, 7) is 1.44. The third kappa shape index (κ3) is 3.02. The molecular weight excluding hydrogens is 261 g/mol. The molecule has 2 saturated heterocycles. The van der Waals surface area contributed by atoms with E-state index in [-0.39, 0.29) is 25.4 Å². The maximum atomic E-state index is 13.1. The Morgan fingerprint density at radius 1 is 1.37 bits per heavy atom. The standard InChI is InChI=1S/C12H19F3N2O2/c13-12(14,15)11(3-4-16-8-11)10(18)17-7-9-1-5-19-6-2-9/h9,16H,1-8H2,(H,17,18). The number of rotatable bonds is 3. The SMILES string of the molecule is O=C(NCC1CCOCC1)C1(C(F)(F)F)CCNC1. The summed E-state index contributed by atoms with van der Waals surface area (Å²) in [5.41, 5.74) is -2.25. The Kier molecular flexibility index (Phi) is 4.35. The zero-order valence-corrected chi connectivity index (χ0v) is 10.7. The number of halogens is 3. The minimum Gasteiger partial charge on any atom is -0.381 e. The van der Waals surface area contributed by atoms with E-state index in [4.69, 9.17) is 4.74 Å². The van der Waals surface area contributed by atoms with Crippen molar-refractivity contribution in [2.45, 2.75) is 25.4 Å². The molecule has 0 saturated carbocycles. The highest BCUT2D eigenvalue weighted by Crippen LogP contribution is 2.43. The number of nitrogens with one attached hydrogen (secondary N) is 2. The van der Waals surface area contributed by atoms with Crippen LogP contribution in [0.3, 0.4) is 0 Å². The van der Waals surface area contributed by atoms with Crippen molar-refractivity contribution in [1.82, 2.24) is 10.6 Å². The van der Waals surface area contributed by atoms with Crippen LogP contribution in [0.5, 0.6) is 0 Å². The maximum absolute atomic E-state index is 13.1. The third-order valence-corrected chi connectivity index (χ3v) is 4.02. The molecule has 1 atom stereocenters. The van der Waals surface area contributed by atoms with Crippen molar-refractivity contribution < 1.29 is 22.7 Å². The first kappa shape index (κ1) is 14.6. The van der Waals surface area contributed by atoms with E-state index in [1.54, 1.807) is 0 Å². The van der Waals surface area contributed by atoms with Crippen LogP contribution in [-0.4, -0.2) is 44.9 Å². The molecule has 0 aliphatic carbocycles. The zero-order valence-electron chi connectivity index (χ0n) is 10.7. The van der Waals surface area contributed by atoms with Crippen LogP contribution in [0.15, 0.2) is 0 Å². The Balaban J connectivity index is 1.93. The molecule has 0 aromatic rings. The van der Waals surface area contributed by atoms with Gasteiger partial charge in [-0.3, -0.25) is 4.79 Å². The molecule has 0 aromatic carbocycles. The number of amides is 1. The van der Waals surface area contributed by atoms with Gasteiger partial charge in [0.05, 0.1) is 0 Å². The second-order valence-electron chi connectivity index (χ2n) is 5.27. The predicted octanol–water partition coefficient (Wildman–Crippen LogP) is 1.07. The zero-order chi connectivity index (χ0) is 13.9. The van der Waals surface area contributed by atoms with Crippen LogP contribution in [0.4, 0.5) is 13.2 Å². The minimum atomic E-state index is -4.50. The number of hydrogen-bond donors (Lipinski definition) is 2. The summed E-state index contributed by atoms with van der Waals surface area (Å²) in [5, 5.41) is 5.12. The van der Waals surface area contributed by atoms with Crippen LogP contribution >= 0.6 is 0 Å². The van der Waals surface area contributed by atoms with E-state index in [1.807, 2.05) is 0 Å². The minimum absolute atomic E-state index is 0.184. The lowest BCUT2D eigenvalue weighted by atomic mass is 9.85. The number of ether oxygens (including phenoxy) is 1. The molecule has 0 aromatic heterocycles. The predicted molar refractivity (Wildman–Crippen MR) is 62.5 cm³/mol. The van der Waals surface area contributed by atoms with Gasteiger partial charge in [0.25, 0.3) is 0 Å². The van der Waals surface area contributed by atoms with Crippen LogP contribution in [0.2, 0.25) is 0 Å². The first-order chi connectivity index (χ1) is 8.96. The van der Waals surface area contributed by atoms with Gasteiger partial charge in [0.1, 0.15) is 0 Å². The molecule has 4 nitrogen and oxygen atoms in total. The Hall–Kier alpha value is -0.820. The Labute approximate surface area is 110 Å². The van der Waals surface area contributed by atoms with Gasteiger partial charge in [-0.2, -0.15) is 13.2 Å². The average molecular weight is 280 g/mol. The Morgan fingerprint density at radius 2 is 2.05 bits per heavy atom. The molecule has 7 heteroatoms. The van der Waals surface area contributed by atoms with Crippen LogP contribution in [0.1, 0.15) is 19.3 Å². The van der Waals surface area contributed by atoms with Crippen LogP contribution < -0.4 is 10.6 Å². The van der Waals surface area contributed by atoms with Gasteiger partial charge in [-0.05, 0) is 31.7 Å². The van der Waals surface area contributed by atoms with Crippen LogP contribution in [-0.2, 0) is 9.53 Å². The number of carbonyl (C=O) groups excluding carboxylic acids is 1. The fourth-order valence-electron chi connectivity index (χ4n) is 2.61. The van der Waals surface area contributed by atoms with Gasteiger partial charge >= 0.3 is 6.18 Å². The molecule has 0 radical (unpaired) electrons. The van der Waals surface area contributed by atoms with Gasteiger partial charge in [-0.15, -0.1) is 0 Å². The lowest BCUT2D eigenvalue weighted by Crippen LogP contribution is -2.53. The Morgan fingerprint density at radius 3 is 2.58 bits per heavy atom. The van der Waals surface area contributed by atoms with Gasteiger partial charge in [-0.1, -0.05) is 0 Å². The highest BCUT2D eigenvalue weighted by Gasteiger charge is 2.61. The fourth-order valence-corrected chi connectivity index (χ4v) is 2.61. The second-order valence-corrected chi connectivity index (χ2v) is 5.27. The fraction of sp³-hybridized carbons (Fsp3) is 0.917. The van der Waals surface area contributed by atoms with Crippen molar-refractivity contribution in [3.63, 3.8) is 0 Å². The summed E-state index contributed by atoms with van der Waals surface area (Å²) < 4.78 is 44.5. The summed E-state index contributed by atoms with van der Waals surface area (Å²) in [5.74, 6) is -0.672. The van der Waals surface area contributed by atoms with E-state index >= 15 is 0 Å². The molecule has 110 valence electrons. The van der Waals surface area contributed by atoms with Gasteiger partial charge < -0.3 is 15.4 Å². The van der Waals surface area contributed by atoms with Crippen LogP contribution in [0.25, 0.3) is 0 Å². The third-order valence-electron chi connectivity index (χ3n) is 4.02. The molecule has 0 spiro atoms. The topological polar surface area (TPSA) is 50.4 Å². The van der Waals surface area contributed by atoms with E-state index in [9.17, 15) is 18.0 Å². The molecule has 2 N–H and O–H groups in total. The molecule has 2 aliphatic heterocycles. The van der Waals surface area contributed by atoms with Crippen molar-refractivity contribution in [1.29, 1.82) is 0 Å². The summed E-state index contributed by atoms with van der Waals surface area (Å²) in [6.07, 6.45) is -3.11. The highest BCUT2D eigenvalue weighted by atomic mass is 19.4. The van der Waals surface area contributed by atoms with E-state index in [1.165, 1.54) is 0 Å². The second kappa shape index (κ2) is 5.66.